The quantitative estimate of drug-likeness (QED) is 0.560. The van der Waals surface area contributed by atoms with E-state index in [9.17, 15) is 5.11 Å². The number of fused-ring (bicyclic) bond motifs is 1. The molecule has 1 aromatic carbocycles. The summed E-state index contributed by atoms with van der Waals surface area (Å²) in [5.74, 6) is 1.33. The van der Waals surface area contributed by atoms with Crippen molar-refractivity contribution in [2.45, 2.75) is 12.5 Å². The molecule has 5 nitrogen and oxygen atoms in total. The summed E-state index contributed by atoms with van der Waals surface area (Å²) < 4.78 is 0. The fraction of sp³-hybridized carbons (Fsp3) is 0.150. The third-order valence-electron chi connectivity index (χ3n) is 4.28. The molecule has 0 spiro atoms. The zero-order valence-electron chi connectivity index (χ0n) is 14.3. The Balaban J connectivity index is 1.72. The lowest BCUT2D eigenvalue weighted by Crippen LogP contribution is -2.30. The van der Waals surface area contributed by atoms with Crippen LogP contribution in [-0.4, -0.2) is 26.6 Å². The maximum atomic E-state index is 10.8. The molecular weight excluding hydrogens is 344 g/mol. The van der Waals surface area contributed by atoms with Crippen LogP contribution in [0, 0.1) is 0 Å². The van der Waals surface area contributed by atoms with Gasteiger partial charge >= 0.3 is 0 Å². The van der Waals surface area contributed by atoms with Gasteiger partial charge in [-0.15, -0.1) is 0 Å². The Morgan fingerprint density at radius 3 is 2.65 bits per heavy atom. The normalized spacial score (nSPS) is 13.5. The van der Waals surface area contributed by atoms with E-state index in [2.05, 4.69) is 15.3 Å². The maximum absolute atomic E-state index is 10.8. The zero-order valence-corrected chi connectivity index (χ0v) is 15.1. The maximum Gasteiger partial charge on any atom is 0.162 e. The van der Waals surface area contributed by atoms with Crippen LogP contribution in [0.1, 0.15) is 12.5 Å². The summed E-state index contributed by atoms with van der Waals surface area (Å²) in [6.07, 6.45) is 3.45. The van der Waals surface area contributed by atoms with E-state index in [1.54, 1.807) is 30.7 Å². The molecule has 1 atom stereocenters. The second-order valence-electron chi connectivity index (χ2n) is 6.29. The monoisotopic (exact) mass is 362 g/mol. The molecule has 0 amide bonds. The summed E-state index contributed by atoms with van der Waals surface area (Å²) in [5, 5.41) is 18.9. The first-order valence-corrected chi connectivity index (χ1v) is 9.24. The number of aromatic nitrogens is 3. The Kier molecular flexibility index (Phi) is 4.36. The molecule has 0 saturated carbocycles. The lowest BCUT2D eigenvalue weighted by Gasteiger charge is -2.23. The Morgan fingerprint density at radius 2 is 1.88 bits per heavy atom. The van der Waals surface area contributed by atoms with E-state index in [0.717, 1.165) is 22.0 Å². The molecule has 0 fully saturated rings. The van der Waals surface area contributed by atoms with E-state index in [0.29, 0.717) is 18.2 Å². The van der Waals surface area contributed by atoms with E-state index in [4.69, 9.17) is 4.98 Å². The van der Waals surface area contributed by atoms with Crippen molar-refractivity contribution in [1.29, 1.82) is 0 Å². The molecule has 3 aromatic heterocycles. The molecule has 0 aliphatic carbocycles. The van der Waals surface area contributed by atoms with Crippen LogP contribution in [0.3, 0.4) is 0 Å². The number of nitrogens with zero attached hydrogens (tertiary/aromatic N) is 3. The summed E-state index contributed by atoms with van der Waals surface area (Å²) in [5.41, 5.74) is 1.66. The van der Waals surface area contributed by atoms with Crippen LogP contribution in [0.2, 0.25) is 0 Å². The van der Waals surface area contributed by atoms with Gasteiger partial charge in [0.15, 0.2) is 5.82 Å². The molecule has 6 heteroatoms. The Hall–Kier alpha value is -2.83. The summed E-state index contributed by atoms with van der Waals surface area (Å²) in [6, 6.07) is 13.6. The molecule has 3 heterocycles. The van der Waals surface area contributed by atoms with Crippen molar-refractivity contribution in [3.8, 4) is 11.4 Å². The van der Waals surface area contributed by atoms with Crippen LogP contribution >= 0.6 is 11.3 Å². The molecule has 0 aliphatic rings. The third kappa shape index (κ3) is 3.29. The second kappa shape index (κ2) is 6.82. The predicted molar refractivity (Wildman–Crippen MR) is 105 cm³/mol. The minimum absolute atomic E-state index is 0.348. The molecule has 26 heavy (non-hydrogen) atoms. The van der Waals surface area contributed by atoms with Crippen LogP contribution in [-0.2, 0) is 5.60 Å². The highest BCUT2D eigenvalue weighted by atomic mass is 32.1. The number of para-hydroxylation sites is 1. The average Bonchev–Trinajstić information content (AvgIpc) is 3.22. The van der Waals surface area contributed by atoms with E-state index in [1.807, 2.05) is 53.2 Å². The summed E-state index contributed by atoms with van der Waals surface area (Å²) in [7, 11) is 0. The standard InChI is InChI=1S/C20H18N4OS/c1-20(25,15-8-11-26-12-15)13-22-19-16-4-2-3-5-17(16)23-18(24-19)14-6-9-21-10-7-14/h2-12,25H,13H2,1H3,(H,22,23,24). The summed E-state index contributed by atoms with van der Waals surface area (Å²) in [4.78, 5) is 13.4. The van der Waals surface area contributed by atoms with Gasteiger partial charge in [0.2, 0.25) is 0 Å². The summed E-state index contributed by atoms with van der Waals surface area (Å²) >= 11 is 1.57. The molecule has 0 aliphatic heterocycles. The van der Waals surface area contributed by atoms with E-state index in [1.165, 1.54) is 0 Å². The SMILES string of the molecule is CC(O)(CNc1nc(-c2ccncc2)nc2ccccc12)c1ccsc1. The van der Waals surface area contributed by atoms with Gasteiger partial charge in [-0.2, -0.15) is 11.3 Å². The number of nitrogens with one attached hydrogen (secondary N) is 1. The zero-order chi connectivity index (χ0) is 18.0. The molecule has 0 bridgehead atoms. The topological polar surface area (TPSA) is 70.9 Å². The number of hydrogen-bond acceptors (Lipinski definition) is 6. The number of aliphatic hydroxyl groups is 1. The van der Waals surface area contributed by atoms with Gasteiger partial charge in [-0.3, -0.25) is 4.98 Å². The Bertz CT molecular complexity index is 1020. The number of anilines is 1. The average molecular weight is 362 g/mol. The van der Waals surface area contributed by atoms with E-state index in [-0.39, 0.29) is 0 Å². The van der Waals surface area contributed by atoms with Crippen molar-refractivity contribution >= 4 is 28.1 Å². The van der Waals surface area contributed by atoms with Crippen molar-refractivity contribution in [3.63, 3.8) is 0 Å². The van der Waals surface area contributed by atoms with Crippen LogP contribution < -0.4 is 5.32 Å². The number of hydrogen-bond donors (Lipinski definition) is 2. The minimum atomic E-state index is -0.983. The van der Waals surface area contributed by atoms with Crippen molar-refractivity contribution in [1.82, 2.24) is 15.0 Å². The van der Waals surface area contributed by atoms with Gasteiger partial charge in [-0.25, -0.2) is 9.97 Å². The van der Waals surface area contributed by atoms with Gasteiger partial charge in [0.25, 0.3) is 0 Å². The summed E-state index contributed by atoms with van der Waals surface area (Å²) in [6.45, 7) is 2.15. The lowest BCUT2D eigenvalue weighted by molar-refractivity contribution is 0.0719. The highest BCUT2D eigenvalue weighted by Gasteiger charge is 2.24. The van der Waals surface area contributed by atoms with Crippen molar-refractivity contribution in [3.05, 3.63) is 71.2 Å². The van der Waals surface area contributed by atoms with Crippen LogP contribution in [0.15, 0.2) is 65.6 Å². The van der Waals surface area contributed by atoms with Crippen LogP contribution in [0.4, 0.5) is 5.82 Å². The third-order valence-corrected chi connectivity index (χ3v) is 4.97. The van der Waals surface area contributed by atoms with Gasteiger partial charge in [-0.05, 0) is 53.6 Å². The number of thiophene rings is 1. The fourth-order valence-electron chi connectivity index (χ4n) is 2.77. The Labute approximate surface area is 155 Å². The van der Waals surface area contributed by atoms with Crippen LogP contribution in [0.25, 0.3) is 22.3 Å². The first-order chi connectivity index (χ1) is 12.6. The molecule has 4 rings (SSSR count). The molecule has 4 aromatic rings. The number of pyridine rings is 1. The largest absolute Gasteiger partial charge is 0.384 e. The van der Waals surface area contributed by atoms with Crippen molar-refractivity contribution in [2.24, 2.45) is 0 Å². The molecule has 130 valence electrons. The lowest BCUT2D eigenvalue weighted by atomic mass is 9.99. The van der Waals surface area contributed by atoms with Gasteiger partial charge in [0.1, 0.15) is 11.4 Å². The van der Waals surface area contributed by atoms with Gasteiger partial charge in [0.05, 0.1) is 5.52 Å². The van der Waals surface area contributed by atoms with E-state index >= 15 is 0 Å². The molecule has 0 radical (unpaired) electrons. The van der Waals surface area contributed by atoms with Crippen molar-refractivity contribution < 1.29 is 5.11 Å². The van der Waals surface area contributed by atoms with Gasteiger partial charge < -0.3 is 10.4 Å². The first-order valence-electron chi connectivity index (χ1n) is 8.29. The predicted octanol–water partition coefficient (Wildman–Crippen LogP) is 4.07. The smallest absolute Gasteiger partial charge is 0.162 e. The van der Waals surface area contributed by atoms with Gasteiger partial charge in [-0.1, -0.05) is 12.1 Å². The highest BCUT2D eigenvalue weighted by molar-refractivity contribution is 7.08. The van der Waals surface area contributed by atoms with Crippen LogP contribution in [0.5, 0.6) is 0 Å². The highest BCUT2D eigenvalue weighted by Crippen LogP contribution is 2.27. The number of benzene rings is 1. The molecule has 1 unspecified atom stereocenters. The minimum Gasteiger partial charge on any atom is -0.384 e. The van der Waals surface area contributed by atoms with Gasteiger partial charge in [0, 0.05) is 29.9 Å². The van der Waals surface area contributed by atoms with Crippen molar-refractivity contribution in [2.75, 3.05) is 11.9 Å². The molecule has 0 saturated heterocycles. The second-order valence-corrected chi connectivity index (χ2v) is 7.07. The number of rotatable bonds is 5. The first kappa shape index (κ1) is 16.6. The Morgan fingerprint density at radius 1 is 1.08 bits per heavy atom. The van der Waals surface area contributed by atoms with E-state index < -0.39 is 5.60 Å². The molecular formula is C20H18N4OS. The fourth-order valence-corrected chi connectivity index (χ4v) is 3.55. The molecule has 2 N–H and O–H groups in total.